The van der Waals surface area contributed by atoms with Crippen molar-refractivity contribution in [2.24, 2.45) is 0 Å². The van der Waals surface area contributed by atoms with Crippen LogP contribution in [-0.2, 0) is 14.3 Å². The van der Waals surface area contributed by atoms with Crippen molar-refractivity contribution in [2.45, 2.75) is 26.8 Å². The zero-order chi connectivity index (χ0) is 20.1. The number of furan rings is 1. The van der Waals surface area contributed by atoms with Crippen LogP contribution in [0.4, 0.5) is 0 Å². The van der Waals surface area contributed by atoms with Crippen molar-refractivity contribution in [3.05, 3.63) is 65.4 Å². The second-order valence-electron chi connectivity index (χ2n) is 6.69. The van der Waals surface area contributed by atoms with E-state index in [-0.39, 0.29) is 19.3 Å². The van der Waals surface area contributed by atoms with Gasteiger partial charge in [-0.2, -0.15) is 0 Å². The van der Waals surface area contributed by atoms with Gasteiger partial charge in [0.25, 0.3) is 5.91 Å². The Bertz CT molecular complexity index is 959. The van der Waals surface area contributed by atoms with Gasteiger partial charge in [0, 0.05) is 5.39 Å². The van der Waals surface area contributed by atoms with Crippen LogP contribution in [-0.4, -0.2) is 25.1 Å². The maximum absolute atomic E-state index is 12.0. The van der Waals surface area contributed by atoms with Crippen molar-refractivity contribution in [2.75, 3.05) is 13.2 Å². The second-order valence-corrected chi connectivity index (χ2v) is 6.69. The van der Waals surface area contributed by atoms with Gasteiger partial charge >= 0.3 is 5.97 Å². The van der Waals surface area contributed by atoms with E-state index in [1.807, 2.05) is 62.4 Å². The molecule has 6 nitrogen and oxygen atoms in total. The summed E-state index contributed by atoms with van der Waals surface area (Å²) < 4.78 is 16.2. The molecular weight excluding hydrogens is 358 g/mol. The number of nitrogens with one attached hydrogen (secondary N) is 1. The topological polar surface area (TPSA) is 77.8 Å². The number of amides is 1. The third kappa shape index (κ3) is 4.91. The molecule has 1 heterocycles. The van der Waals surface area contributed by atoms with Crippen LogP contribution in [0.2, 0.25) is 0 Å². The Balaban J connectivity index is 1.45. The molecule has 0 spiro atoms. The molecule has 0 bridgehead atoms. The Morgan fingerprint density at radius 2 is 1.86 bits per heavy atom. The largest absolute Gasteiger partial charge is 0.482 e. The Kier molecular flexibility index (Phi) is 5.99. The normalized spacial score (nSPS) is 11.8. The predicted octanol–water partition coefficient (Wildman–Crippen LogP) is 3.85. The summed E-state index contributed by atoms with van der Waals surface area (Å²) in [6.45, 7) is 5.02. The lowest BCUT2D eigenvalue weighted by Gasteiger charge is -2.12. The monoisotopic (exact) mass is 381 g/mol. The first kappa shape index (κ1) is 19.5. The molecule has 1 amide bonds. The fourth-order valence-electron chi connectivity index (χ4n) is 2.76. The Labute approximate surface area is 163 Å². The lowest BCUT2D eigenvalue weighted by Crippen LogP contribution is -2.31. The van der Waals surface area contributed by atoms with Crippen molar-refractivity contribution in [1.82, 2.24) is 5.32 Å². The number of ether oxygens (including phenoxy) is 2. The molecule has 0 unspecified atom stereocenters. The van der Waals surface area contributed by atoms with Crippen molar-refractivity contribution >= 4 is 22.8 Å². The smallest absolute Gasteiger partial charge is 0.344 e. The molecule has 1 N–H and O–H groups in total. The summed E-state index contributed by atoms with van der Waals surface area (Å²) in [5.74, 6) is 0.250. The highest BCUT2D eigenvalue weighted by Gasteiger charge is 2.16. The molecule has 0 aliphatic rings. The maximum atomic E-state index is 12.0. The molecule has 0 aliphatic heterocycles. The quantitative estimate of drug-likeness (QED) is 0.629. The lowest BCUT2D eigenvalue weighted by atomic mass is 10.1. The van der Waals surface area contributed by atoms with E-state index in [0.29, 0.717) is 11.5 Å². The SMILES string of the molecule is Cc1ccc(C)c(OCC(=O)OCC(=O)N[C@@H](C)c2cc3ccccc3o2)c1. The van der Waals surface area contributed by atoms with Gasteiger partial charge in [0.05, 0.1) is 6.04 Å². The van der Waals surface area contributed by atoms with Crippen molar-refractivity contribution in [3.8, 4) is 5.75 Å². The Morgan fingerprint density at radius 1 is 1.07 bits per heavy atom. The van der Waals surface area contributed by atoms with E-state index in [1.165, 1.54) is 0 Å². The third-order valence-corrected chi connectivity index (χ3v) is 4.30. The molecular formula is C22H23NO5. The van der Waals surface area contributed by atoms with Gasteiger partial charge in [-0.05, 0) is 50.1 Å². The highest BCUT2D eigenvalue weighted by Crippen LogP contribution is 2.23. The van der Waals surface area contributed by atoms with Gasteiger partial charge in [-0.1, -0.05) is 30.3 Å². The average molecular weight is 381 g/mol. The molecule has 0 fully saturated rings. The predicted molar refractivity (Wildman–Crippen MR) is 105 cm³/mol. The van der Waals surface area contributed by atoms with Crippen LogP contribution in [0, 0.1) is 13.8 Å². The first-order valence-corrected chi connectivity index (χ1v) is 9.06. The number of carbonyl (C=O) groups excluding carboxylic acids is 2. The van der Waals surface area contributed by atoms with Gasteiger partial charge in [-0.25, -0.2) is 4.79 Å². The van der Waals surface area contributed by atoms with Crippen molar-refractivity contribution < 1.29 is 23.5 Å². The fraction of sp³-hybridized carbons (Fsp3) is 0.273. The third-order valence-electron chi connectivity index (χ3n) is 4.30. The van der Waals surface area contributed by atoms with E-state index in [0.717, 1.165) is 22.1 Å². The summed E-state index contributed by atoms with van der Waals surface area (Å²) in [5, 5.41) is 3.72. The minimum absolute atomic E-state index is 0.253. The first-order chi connectivity index (χ1) is 13.4. The van der Waals surface area contributed by atoms with Crippen LogP contribution >= 0.6 is 0 Å². The maximum Gasteiger partial charge on any atom is 0.344 e. The van der Waals surface area contributed by atoms with Crippen molar-refractivity contribution in [3.63, 3.8) is 0 Å². The van der Waals surface area contributed by atoms with E-state index in [2.05, 4.69) is 5.32 Å². The van der Waals surface area contributed by atoms with Gasteiger partial charge in [-0.15, -0.1) is 0 Å². The fourth-order valence-corrected chi connectivity index (χ4v) is 2.76. The number of esters is 1. The van der Waals surface area contributed by atoms with Crippen LogP contribution in [0.5, 0.6) is 5.75 Å². The molecule has 0 saturated carbocycles. The van der Waals surface area contributed by atoms with Gasteiger partial charge < -0.3 is 19.2 Å². The molecule has 28 heavy (non-hydrogen) atoms. The van der Waals surface area contributed by atoms with E-state index < -0.39 is 11.9 Å². The molecule has 3 rings (SSSR count). The van der Waals surface area contributed by atoms with E-state index >= 15 is 0 Å². The summed E-state index contributed by atoms with van der Waals surface area (Å²) in [7, 11) is 0. The molecule has 2 aromatic carbocycles. The Morgan fingerprint density at radius 3 is 2.64 bits per heavy atom. The number of carbonyl (C=O) groups is 2. The number of para-hydroxylation sites is 1. The van der Waals surface area contributed by atoms with Crippen LogP contribution in [0.1, 0.15) is 29.9 Å². The van der Waals surface area contributed by atoms with Gasteiger partial charge in [0.2, 0.25) is 0 Å². The molecule has 1 aromatic heterocycles. The lowest BCUT2D eigenvalue weighted by molar-refractivity contribution is -0.150. The molecule has 1 atom stereocenters. The van der Waals surface area contributed by atoms with Crippen molar-refractivity contribution in [1.29, 1.82) is 0 Å². The molecule has 0 saturated heterocycles. The van der Waals surface area contributed by atoms with Crippen LogP contribution < -0.4 is 10.1 Å². The van der Waals surface area contributed by atoms with Crippen LogP contribution in [0.3, 0.4) is 0 Å². The Hall–Kier alpha value is -3.28. The standard InChI is InChI=1S/C22H23NO5/c1-14-8-9-15(2)19(10-14)26-13-22(25)27-12-21(24)23-16(3)20-11-17-6-4-5-7-18(17)28-20/h4-11,16H,12-13H2,1-3H3,(H,23,24)/t16-/m0/s1. The minimum Gasteiger partial charge on any atom is -0.482 e. The van der Waals surface area contributed by atoms with Gasteiger partial charge in [0.1, 0.15) is 17.1 Å². The number of rotatable bonds is 7. The zero-order valence-electron chi connectivity index (χ0n) is 16.2. The van der Waals surface area contributed by atoms with Crippen LogP contribution in [0.15, 0.2) is 52.9 Å². The minimum atomic E-state index is -0.604. The number of fused-ring (bicyclic) bond motifs is 1. The highest BCUT2D eigenvalue weighted by atomic mass is 16.6. The molecule has 6 heteroatoms. The summed E-state index contributed by atoms with van der Waals surface area (Å²) in [6, 6.07) is 14.9. The van der Waals surface area contributed by atoms with Gasteiger partial charge in [-0.3, -0.25) is 4.79 Å². The number of benzene rings is 2. The summed E-state index contributed by atoms with van der Waals surface area (Å²) in [5.41, 5.74) is 2.72. The summed E-state index contributed by atoms with van der Waals surface area (Å²) >= 11 is 0. The molecule has 146 valence electrons. The zero-order valence-corrected chi connectivity index (χ0v) is 16.2. The number of hydrogen-bond acceptors (Lipinski definition) is 5. The molecule has 0 aliphatic carbocycles. The van der Waals surface area contributed by atoms with E-state index in [9.17, 15) is 9.59 Å². The summed E-state index contributed by atoms with van der Waals surface area (Å²) in [4.78, 5) is 23.9. The highest BCUT2D eigenvalue weighted by molar-refractivity contribution is 5.82. The van der Waals surface area contributed by atoms with Crippen LogP contribution in [0.25, 0.3) is 11.0 Å². The molecule has 0 radical (unpaired) electrons. The number of hydrogen-bond donors (Lipinski definition) is 1. The summed E-state index contributed by atoms with van der Waals surface area (Å²) in [6.07, 6.45) is 0. The first-order valence-electron chi connectivity index (χ1n) is 9.06. The number of aryl methyl sites for hydroxylation is 2. The van der Waals surface area contributed by atoms with Gasteiger partial charge in [0.15, 0.2) is 13.2 Å². The van der Waals surface area contributed by atoms with E-state index in [4.69, 9.17) is 13.9 Å². The second kappa shape index (κ2) is 8.61. The molecule has 3 aromatic rings. The average Bonchev–Trinajstić information content (AvgIpc) is 3.11. The van der Waals surface area contributed by atoms with E-state index in [1.54, 1.807) is 6.92 Å².